The smallest absolute Gasteiger partial charge is 0.150 e. The Labute approximate surface area is 139 Å². The van der Waals surface area contributed by atoms with E-state index in [1.807, 2.05) is 67.6 Å². The number of hydrogen-bond acceptors (Lipinski definition) is 4. The van der Waals surface area contributed by atoms with Gasteiger partial charge in [-0.1, -0.05) is 54.1 Å². The second-order valence-electron chi connectivity index (χ2n) is 4.98. The van der Waals surface area contributed by atoms with Gasteiger partial charge in [0.2, 0.25) is 0 Å². The Balaban J connectivity index is 1.79. The topological polar surface area (TPSA) is 50.2 Å². The van der Waals surface area contributed by atoms with Crippen LogP contribution in [0, 0.1) is 6.92 Å². The number of benzene rings is 2. The molecule has 0 spiro atoms. The van der Waals surface area contributed by atoms with Crippen LogP contribution in [0.2, 0.25) is 5.02 Å². The van der Waals surface area contributed by atoms with Crippen LogP contribution in [0.4, 0.5) is 5.82 Å². The fraction of sp³-hybridized carbons (Fsp3) is 0.0556. The first kappa shape index (κ1) is 15.2. The molecular weight excluding hydrogens is 308 g/mol. The molecule has 3 rings (SSSR count). The highest BCUT2D eigenvalue weighted by molar-refractivity contribution is 6.30. The Bertz CT molecular complexity index is 831. The Morgan fingerprint density at radius 2 is 1.83 bits per heavy atom. The fourth-order valence-electron chi connectivity index (χ4n) is 2.14. The number of hydrazone groups is 1. The van der Waals surface area contributed by atoms with Gasteiger partial charge in [0.05, 0.1) is 11.9 Å². The van der Waals surface area contributed by atoms with Crippen molar-refractivity contribution in [1.29, 1.82) is 0 Å². The monoisotopic (exact) mass is 322 g/mol. The molecular formula is C18H15ClN4. The van der Waals surface area contributed by atoms with Crippen LogP contribution in [0.5, 0.6) is 0 Å². The molecule has 4 nitrogen and oxygen atoms in total. The lowest BCUT2D eigenvalue weighted by atomic mass is 10.1. The fourth-order valence-corrected chi connectivity index (χ4v) is 2.34. The Morgan fingerprint density at radius 3 is 2.61 bits per heavy atom. The number of aromatic nitrogens is 2. The maximum Gasteiger partial charge on any atom is 0.150 e. The van der Waals surface area contributed by atoms with Crippen LogP contribution in [-0.4, -0.2) is 16.2 Å². The van der Waals surface area contributed by atoms with Crippen molar-refractivity contribution in [1.82, 2.24) is 9.97 Å². The average molecular weight is 323 g/mol. The molecule has 0 atom stereocenters. The summed E-state index contributed by atoms with van der Waals surface area (Å²) in [6.07, 6.45) is 1.70. The van der Waals surface area contributed by atoms with E-state index in [-0.39, 0.29) is 0 Å². The molecule has 0 aliphatic rings. The van der Waals surface area contributed by atoms with Gasteiger partial charge in [-0.15, -0.1) is 0 Å². The first-order chi connectivity index (χ1) is 11.2. The van der Waals surface area contributed by atoms with Crippen LogP contribution < -0.4 is 5.43 Å². The Hall–Kier alpha value is -2.72. The third-order valence-corrected chi connectivity index (χ3v) is 3.38. The van der Waals surface area contributed by atoms with Crippen molar-refractivity contribution in [3.63, 3.8) is 0 Å². The van der Waals surface area contributed by atoms with Gasteiger partial charge in [0.1, 0.15) is 11.6 Å². The van der Waals surface area contributed by atoms with E-state index in [1.165, 1.54) is 0 Å². The molecule has 3 aromatic rings. The van der Waals surface area contributed by atoms with Crippen molar-refractivity contribution >= 4 is 23.6 Å². The second kappa shape index (κ2) is 7.03. The normalized spacial score (nSPS) is 10.9. The van der Waals surface area contributed by atoms with Crippen molar-refractivity contribution in [3.05, 3.63) is 77.1 Å². The van der Waals surface area contributed by atoms with E-state index in [9.17, 15) is 0 Å². The molecule has 0 saturated heterocycles. The lowest BCUT2D eigenvalue weighted by Gasteiger charge is -2.05. The summed E-state index contributed by atoms with van der Waals surface area (Å²) in [6, 6.07) is 19.3. The SMILES string of the molecule is Cc1nc(N/N=C\c2cccc(Cl)c2)cc(-c2ccccc2)n1. The number of halogens is 1. The molecule has 1 heterocycles. The van der Waals surface area contributed by atoms with E-state index in [1.54, 1.807) is 6.21 Å². The molecule has 0 fully saturated rings. The largest absolute Gasteiger partial charge is 0.261 e. The van der Waals surface area contributed by atoms with Crippen LogP contribution in [0.15, 0.2) is 65.8 Å². The van der Waals surface area contributed by atoms with E-state index in [0.29, 0.717) is 16.7 Å². The summed E-state index contributed by atoms with van der Waals surface area (Å²) in [7, 11) is 0. The summed E-state index contributed by atoms with van der Waals surface area (Å²) >= 11 is 5.95. The van der Waals surface area contributed by atoms with Crippen molar-refractivity contribution in [2.24, 2.45) is 5.10 Å². The van der Waals surface area contributed by atoms with Crippen LogP contribution in [-0.2, 0) is 0 Å². The van der Waals surface area contributed by atoms with Crippen LogP contribution in [0.25, 0.3) is 11.3 Å². The number of aryl methyl sites for hydroxylation is 1. The van der Waals surface area contributed by atoms with Gasteiger partial charge < -0.3 is 0 Å². The summed E-state index contributed by atoms with van der Waals surface area (Å²) in [5.74, 6) is 1.33. The van der Waals surface area contributed by atoms with E-state index in [0.717, 1.165) is 16.8 Å². The average Bonchev–Trinajstić information content (AvgIpc) is 2.55. The Kier molecular flexibility index (Phi) is 4.64. The van der Waals surface area contributed by atoms with Gasteiger partial charge in [0.25, 0.3) is 0 Å². The summed E-state index contributed by atoms with van der Waals surface area (Å²) in [6.45, 7) is 1.86. The van der Waals surface area contributed by atoms with Crippen molar-refractivity contribution < 1.29 is 0 Å². The van der Waals surface area contributed by atoms with Crippen molar-refractivity contribution in [3.8, 4) is 11.3 Å². The molecule has 0 saturated carbocycles. The van der Waals surface area contributed by atoms with Gasteiger partial charge in [0.15, 0.2) is 0 Å². The predicted molar refractivity (Wildman–Crippen MR) is 94.9 cm³/mol. The van der Waals surface area contributed by atoms with Gasteiger partial charge in [0, 0.05) is 16.7 Å². The van der Waals surface area contributed by atoms with Gasteiger partial charge in [-0.05, 0) is 24.6 Å². The van der Waals surface area contributed by atoms with E-state index < -0.39 is 0 Å². The molecule has 0 bridgehead atoms. The molecule has 0 unspecified atom stereocenters. The van der Waals surface area contributed by atoms with Gasteiger partial charge in [-0.2, -0.15) is 5.10 Å². The number of nitrogens with one attached hydrogen (secondary N) is 1. The second-order valence-corrected chi connectivity index (χ2v) is 5.41. The number of hydrogen-bond donors (Lipinski definition) is 1. The molecule has 0 radical (unpaired) electrons. The van der Waals surface area contributed by atoms with Crippen LogP contribution >= 0.6 is 11.6 Å². The molecule has 0 amide bonds. The first-order valence-electron chi connectivity index (χ1n) is 7.16. The van der Waals surface area contributed by atoms with Crippen molar-refractivity contribution in [2.45, 2.75) is 6.92 Å². The minimum absolute atomic E-state index is 0.648. The number of nitrogens with zero attached hydrogens (tertiary/aromatic N) is 3. The minimum atomic E-state index is 0.648. The highest BCUT2D eigenvalue weighted by Gasteiger charge is 2.03. The molecule has 5 heteroatoms. The molecule has 1 N–H and O–H groups in total. The lowest BCUT2D eigenvalue weighted by Crippen LogP contribution is -1.98. The first-order valence-corrected chi connectivity index (χ1v) is 7.54. The molecule has 0 aliphatic heterocycles. The zero-order valence-corrected chi connectivity index (χ0v) is 13.3. The summed E-state index contributed by atoms with van der Waals surface area (Å²) in [5, 5.41) is 4.88. The molecule has 0 aliphatic carbocycles. The van der Waals surface area contributed by atoms with E-state index >= 15 is 0 Å². The van der Waals surface area contributed by atoms with Crippen LogP contribution in [0.3, 0.4) is 0 Å². The standard InChI is InChI=1S/C18H15ClN4/c1-13-21-17(15-7-3-2-4-8-15)11-18(22-13)23-20-12-14-6-5-9-16(19)10-14/h2-12H,1H3,(H,21,22,23)/b20-12-. The van der Waals surface area contributed by atoms with E-state index in [2.05, 4.69) is 20.5 Å². The highest BCUT2D eigenvalue weighted by atomic mass is 35.5. The van der Waals surface area contributed by atoms with Gasteiger partial charge in [-0.25, -0.2) is 9.97 Å². The quantitative estimate of drug-likeness (QED) is 0.566. The zero-order valence-electron chi connectivity index (χ0n) is 12.6. The maximum atomic E-state index is 5.95. The molecule has 2 aromatic carbocycles. The number of anilines is 1. The summed E-state index contributed by atoms with van der Waals surface area (Å²) < 4.78 is 0. The Morgan fingerprint density at radius 1 is 1.00 bits per heavy atom. The lowest BCUT2D eigenvalue weighted by molar-refractivity contribution is 1.05. The predicted octanol–water partition coefficient (Wildman–Crippen LogP) is 4.55. The molecule has 114 valence electrons. The van der Waals surface area contributed by atoms with Crippen LogP contribution in [0.1, 0.15) is 11.4 Å². The summed E-state index contributed by atoms with van der Waals surface area (Å²) in [4.78, 5) is 8.81. The van der Waals surface area contributed by atoms with Gasteiger partial charge in [-0.3, -0.25) is 5.43 Å². The maximum absolute atomic E-state index is 5.95. The molecule has 1 aromatic heterocycles. The molecule has 23 heavy (non-hydrogen) atoms. The summed E-state index contributed by atoms with van der Waals surface area (Å²) in [5.41, 5.74) is 5.76. The zero-order chi connectivity index (χ0) is 16.1. The van der Waals surface area contributed by atoms with E-state index in [4.69, 9.17) is 11.6 Å². The van der Waals surface area contributed by atoms with Crippen molar-refractivity contribution in [2.75, 3.05) is 5.43 Å². The number of rotatable bonds is 4. The van der Waals surface area contributed by atoms with Gasteiger partial charge >= 0.3 is 0 Å². The highest BCUT2D eigenvalue weighted by Crippen LogP contribution is 2.19. The third-order valence-electron chi connectivity index (χ3n) is 3.15. The minimum Gasteiger partial charge on any atom is -0.261 e. The third kappa shape index (κ3) is 4.14.